The van der Waals surface area contributed by atoms with Gasteiger partial charge in [-0.2, -0.15) is 5.10 Å². The summed E-state index contributed by atoms with van der Waals surface area (Å²) in [7, 11) is 0. The number of nitrogens with one attached hydrogen (secondary N) is 1. The molecule has 0 spiro atoms. The molecule has 0 radical (unpaired) electrons. The molecule has 72 valence electrons. The molecule has 4 nitrogen and oxygen atoms in total. The largest absolute Gasteiger partial charge is 0.454 e. The fourth-order valence-corrected chi connectivity index (χ4v) is 1.11. The topological polar surface area (TPSA) is 63.9 Å². The van der Waals surface area contributed by atoms with Gasteiger partial charge in [-0.05, 0) is 31.2 Å². The van der Waals surface area contributed by atoms with Crippen molar-refractivity contribution in [2.45, 2.75) is 6.92 Å². The number of rotatable bonds is 2. The number of nitrogens with zero attached hydrogens (tertiary/aromatic N) is 1. The molecule has 0 amide bonds. The van der Waals surface area contributed by atoms with Gasteiger partial charge in [-0.15, -0.1) is 0 Å². The molecule has 0 saturated carbocycles. The van der Waals surface area contributed by atoms with E-state index in [1.165, 1.54) is 0 Å². The highest BCUT2D eigenvalue weighted by molar-refractivity contribution is 5.43. The Morgan fingerprint density at radius 1 is 1.29 bits per heavy atom. The number of H-pyrrole nitrogens is 1. The minimum atomic E-state index is 0.723. The molecule has 14 heavy (non-hydrogen) atoms. The first-order chi connectivity index (χ1) is 6.75. The van der Waals surface area contributed by atoms with E-state index in [0.717, 1.165) is 22.9 Å². The van der Waals surface area contributed by atoms with Gasteiger partial charge in [-0.1, -0.05) is 0 Å². The van der Waals surface area contributed by atoms with Crippen LogP contribution in [0.5, 0.6) is 11.5 Å². The number of ether oxygens (including phenoxy) is 1. The Bertz CT molecular complexity index is 419. The summed E-state index contributed by atoms with van der Waals surface area (Å²) < 4.78 is 5.55. The molecule has 1 aromatic carbocycles. The van der Waals surface area contributed by atoms with E-state index in [4.69, 9.17) is 10.5 Å². The zero-order chi connectivity index (χ0) is 9.97. The quantitative estimate of drug-likeness (QED) is 0.711. The Hall–Kier alpha value is -1.97. The van der Waals surface area contributed by atoms with Crippen molar-refractivity contribution in [1.29, 1.82) is 0 Å². The second kappa shape index (κ2) is 3.41. The summed E-state index contributed by atoms with van der Waals surface area (Å²) >= 11 is 0. The molecular weight excluding hydrogens is 178 g/mol. The molecule has 2 rings (SSSR count). The Kier molecular flexibility index (Phi) is 2.10. The Balaban J connectivity index is 2.19. The van der Waals surface area contributed by atoms with E-state index >= 15 is 0 Å². The minimum Gasteiger partial charge on any atom is -0.454 e. The third kappa shape index (κ3) is 1.69. The van der Waals surface area contributed by atoms with Crippen molar-refractivity contribution >= 4 is 5.69 Å². The molecule has 0 atom stereocenters. The molecule has 2 aromatic rings. The zero-order valence-electron chi connectivity index (χ0n) is 7.82. The number of aromatic amines is 1. The van der Waals surface area contributed by atoms with Crippen LogP contribution in [-0.2, 0) is 0 Å². The smallest absolute Gasteiger partial charge is 0.167 e. The summed E-state index contributed by atoms with van der Waals surface area (Å²) in [5.41, 5.74) is 7.18. The van der Waals surface area contributed by atoms with Crippen LogP contribution >= 0.6 is 0 Å². The van der Waals surface area contributed by atoms with Crippen LogP contribution < -0.4 is 10.5 Å². The Labute approximate surface area is 81.7 Å². The van der Waals surface area contributed by atoms with Gasteiger partial charge in [0.2, 0.25) is 0 Å². The van der Waals surface area contributed by atoms with Crippen molar-refractivity contribution in [3.05, 3.63) is 36.2 Å². The normalized spacial score (nSPS) is 10.1. The highest BCUT2D eigenvalue weighted by atomic mass is 16.5. The predicted octanol–water partition coefficient (Wildman–Crippen LogP) is 2.09. The second-order valence-corrected chi connectivity index (χ2v) is 3.03. The molecule has 0 saturated heterocycles. The van der Waals surface area contributed by atoms with Crippen LogP contribution in [0.1, 0.15) is 5.69 Å². The maximum Gasteiger partial charge on any atom is 0.167 e. The molecule has 0 unspecified atom stereocenters. The molecule has 1 heterocycles. The maximum atomic E-state index is 5.56. The van der Waals surface area contributed by atoms with Crippen LogP contribution in [0.15, 0.2) is 30.5 Å². The number of hydrogen-bond acceptors (Lipinski definition) is 3. The first-order valence-corrected chi connectivity index (χ1v) is 4.29. The molecule has 0 aliphatic heterocycles. The number of anilines is 1. The summed E-state index contributed by atoms with van der Waals surface area (Å²) in [6.07, 6.45) is 1.64. The third-order valence-electron chi connectivity index (χ3n) is 1.89. The van der Waals surface area contributed by atoms with E-state index in [1.807, 2.05) is 19.1 Å². The lowest BCUT2D eigenvalue weighted by Gasteiger charge is -2.03. The van der Waals surface area contributed by atoms with Gasteiger partial charge in [0, 0.05) is 5.69 Å². The monoisotopic (exact) mass is 189 g/mol. The van der Waals surface area contributed by atoms with E-state index in [-0.39, 0.29) is 0 Å². The van der Waals surface area contributed by atoms with E-state index in [0.29, 0.717) is 0 Å². The van der Waals surface area contributed by atoms with E-state index in [1.54, 1.807) is 18.3 Å². The first-order valence-electron chi connectivity index (χ1n) is 4.29. The van der Waals surface area contributed by atoms with Gasteiger partial charge in [0.15, 0.2) is 5.75 Å². The van der Waals surface area contributed by atoms with Crippen LogP contribution in [0.3, 0.4) is 0 Å². The molecule has 4 heteroatoms. The van der Waals surface area contributed by atoms with Gasteiger partial charge in [-0.3, -0.25) is 5.10 Å². The van der Waals surface area contributed by atoms with Crippen molar-refractivity contribution < 1.29 is 4.74 Å². The second-order valence-electron chi connectivity index (χ2n) is 3.03. The maximum absolute atomic E-state index is 5.56. The van der Waals surface area contributed by atoms with Crippen LogP contribution in [-0.4, -0.2) is 10.2 Å². The van der Waals surface area contributed by atoms with Crippen LogP contribution in [0.4, 0.5) is 5.69 Å². The SMILES string of the molecule is Cc1[nH]ncc1Oc1ccc(N)cc1. The highest BCUT2D eigenvalue weighted by Gasteiger charge is 2.01. The average Bonchev–Trinajstić information content (AvgIpc) is 2.56. The van der Waals surface area contributed by atoms with E-state index in [2.05, 4.69) is 10.2 Å². The van der Waals surface area contributed by atoms with E-state index < -0.39 is 0 Å². The zero-order valence-corrected chi connectivity index (χ0v) is 7.82. The van der Waals surface area contributed by atoms with Gasteiger partial charge in [0.25, 0.3) is 0 Å². The highest BCUT2D eigenvalue weighted by Crippen LogP contribution is 2.23. The van der Waals surface area contributed by atoms with Crippen LogP contribution in [0, 0.1) is 6.92 Å². The number of aryl methyl sites for hydroxylation is 1. The van der Waals surface area contributed by atoms with Crippen molar-refractivity contribution in [2.24, 2.45) is 0 Å². The molecule has 1 aromatic heterocycles. The summed E-state index contributed by atoms with van der Waals surface area (Å²) in [5.74, 6) is 1.48. The molecule has 0 aliphatic rings. The lowest BCUT2D eigenvalue weighted by Crippen LogP contribution is -1.86. The molecule has 3 N–H and O–H groups in total. The van der Waals surface area contributed by atoms with Crippen LogP contribution in [0.2, 0.25) is 0 Å². The van der Waals surface area contributed by atoms with Gasteiger partial charge in [0.1, 0.15) is 5.75 Å². The van der Waals surface area contributed by atoms with Crippen molar-refractivity contribution in [3.63, 3.8) is 0 Å². The first kappa shape index (κ1) is 8.62. The fraction of sp³-hybridized carbons (Fsp3) is 0.100. The fourth-order valence-electron chi connectivity index (χ4n) is 1.11. The number of hydrogen-bond donors (Lipinski definition) is 2. The van der Waals surface area contributed by atoms with Crippen molar-refractivity contribution in [2.75, 3.05) is 5.73 Å². The summed E-state index contributed by atoms with van der Waals surface area (Å²) in [5, 5.41) is 6.66. The predicted molar refractivity (Wildman–Crippen MR) is 54.3 cm³/mol. The molecule has 0 bridgehead atoms. The average molecular weight is 189 g/mol. The van der Waals surface area contributed by atoms with Gasteiger partial charge in [0.05, 0.1) is 11.9 Å². The molecule has 0 aliphatic carbocycles. The summed E-state index contributed by atoms with van der Waals surface area (Å²) in [6, 6.07) is 7.24. The van der Waals surface area contributed by atoms with Gasteiger partial charge < -0.3 is 10.5 Å². The number of nitrogen functional groups attached to an aromatic ring is 1. The van der Waals surface area contributed by atoms with E-state index in [9.17, 15) is 0 Å². The van der Waals surface area contributed by atoms with Gasteiger partial charge in [-0.25, -0.2) is 0 Å². The molecular formula is C10H11N3O. The molecule has 0 fully saturated rings. The third-order valence-corrected chi connectivity index (χ3v) is 1.89. The number of benzene rings is 1. The van der Waals surface area contributed by atoms with Crippen LogP contribution in [0.25, 0.3) is 0 Å². The van der Waals surface area contributed by atoms with Crippen molar-refractivity contribution in [1.82, 2.24) is 10.2 Å². The lowest BCUT2D eigenvalue weighted by atomic mass is 10.3. The minimum absolute atomic E-state index is 0.723. The Morgan fingerprint density at radius 3 is 2.57 bits per heavy atom. The Morgan fingerprint density at radius 2 is 2.00 bits per heavy atom. The lowest BCUT2D eigenvalue weighted by molar-refractivity contribution is 0.479. The summed E-state index contributed by atoms with van der Waals surface area (Å²) in [6.45, 7) is 1.90. The van der Waals surface area contributed by atoms with Crippen molar-refractivity contribution in [3.8, 4) is 11.5 Å². The standard InChI is InChI=1S/C10H11N3O/c1-7-10(6-12-13-7)14-9-4-2-8(11)3-5-9/h2-6H,11H2,1H3,(H,12,13). The number of nitrogens with two attached hydrogens (primary N) is 1. The summed E-state index contributed by atoms with van der Waals surface area (Å²) in [4.78, 5) is 0. The number of aromatic nitrogens is 2. The van der Waals surface area contributed by atoms with Gasteiger partial charge >= 0.3 is 0 Å².